The fourth-order valence-electron chi connectivity index (χ4n) is 3.26. The smallest absolute Gasteiger partial charge is 0.237 e. The summed E-state index contributed by atoms with van der Waals surface area (Å²) in [5.74, 6) is 0.384. The van der Waals surface area contributed by atoms with Crippen molar-refractivity contribution in [3.8, 4) is 5.69 Å². The quantitative estimate of drug-likeness (QED) is 0.665. The first-order chi connectivity index (χ1) is 12.6. The fourth-order valence-corrected chi connectivity index (χ4v) is 4.02. The minimum absolute atomic E-state index is 0.0788. The first-order valence-electron chi connectivity index (χ1n) is 8.50. The maximum Gasteiger partial charge on any atom is 0.237 e. The van der Waals surface area contributed by atoms with Crippen LogP contribution in [0.25, 0.3) is 5.69 Å². The molecule has 0 radical (unpaired) electrons. The Morgan fingerprint density at radius 2 is 2.00 bits per heavy atom. The van der Waals surface area contributed by atoms with Gasteiger partial charge in [-0.1, -0.05) is 47.7 Å². The molecule has 1 aliphatic heterocycles. The van der Waals surface area contributed by atoms with E-state index in [4.69, 9.17) is 0 Å². The van der Waals surface area contributed by atoms with Crippen LogP contribution in [0.1, 0.15) is 16.7 Å². The van der Waals surface area contributed by atoms with Crippen LogP contribution >= 0.6 is 11.8 Å². The molecule has 0 N–H and O–H groups in total. The van der Waals surface area contributed by atoms with Gasteiger partial charge < -0.3 is 4.90 Å². The van der Waals surface area contributed by atoms with Crippen LogP contribution < -0.4 is 4.90 Å². The van der Waals surface area contributed by atoms with E-state index >= 15 is 0 Å². The van der Waals surface area contributed by atoms with Gasteiger partial charge in [0.25, 0.3) is 0 Å². The number of nitrogens with zero attached hydrogens (tertiary/aromatic N) is 5. The van der Waals surface area contributed by atoms with E-state index in [1.165, 1.54) is 22.9 Å². The van der Waals surface area contributed by atoms with Crippen molar-refractivity contribution in [1.82, 2.24) is 20.2 Å². The van der Waals surface area contributed by atoms with E-state index in [2.05, 4.69) is 34.6 Å². The van der Waals surface area contributed by atoms with Crippen molar-refractivity contribution >= 4 is 23.4 Å². The number of tetrazole rings is 1. The van der Waals surface area contributed by atoms with Crippen LogP contribution in [0.3, 0.4) is 0 Å². The van der Waals surface area contributed by atoms with Crippen molar-refractivity contribution in [2.75, 3.05) is 17.2 Å². The first-order valence-corrected chi connectivity index (χ1v) is 9.49. The van der Waals surface area contributed by atoms with Crippen molar-refractivity contribution in [2.45, 2.75) is 25.4 Å². The van der Waals surface area contributed by atoms with E-state index in [1.807, 2.05) is 42.2 Å². The molecule has 0 saturated heterocycles. The third-order valence-corrected chi connectivity index (χ3v) is 5.44. The van der Waals surface area contributed by atoms with E-state index in [-0.39, 0.29) is 5.91 Å². The number of fused-ring (bicyclic) bond motifs is 1. The number of carbonyl (C=O) groups excluding carboxylic acids is 1. The molecular formula is C19H19N5OS. The molecule has 6 nitrogen and oxygen atoms in total. The molecule has 1 aliphatic rings. The number of amides is 1. The molecule has 0 spiro atoms. The van der Waals surface area contributed by atoms with Gasteiger partial charge in [-0.15, -0.1) is 5.10 Å². The van der Waals surface area contributed by atoms with Gasteiger partial charge in [0.05, 0.1) is 11.4 Å². The number of thioether (sulfide) groups is 1. The largest absolute Gasteiger partial charge is 0.311 e. The van der Waals surface area contributed by atoms with Crippen molar-refractivity contribution in [1.29, 1.82) is 0 Å². The normalized spacial score (nSPS) is 13.1. The van der Waals surface area contributed by atoms with Crippen LogP contribution in [0.2, 0.25) is 0 Å². The molecule has 0 bridgehead atoms. The predicted molar refractivity (Wildman–Crippen MR) is 102 cm³/mol. The Bertz CT molecular complexity index is 968. The van der Waals surface area contributed by atoms with E-state index in [9.17, 15) is 4.79 Å². The average molecular weight is 365 g/mol. The summed E-state index contributed by atoms with van der Waals surface area (Å²) in [6.45, 7) is 4.82. The average Bonchev–Trinajstić information content (AvgIpc) is 3.26. The third-order valence-electron chi connectivity index (χ3n) is 4.53. The van der Waals surface area contributed by atoms with Gasteiger partial charge in [0.15, 0.2) is 0 Å². The SMILES string of the molecule is Cc1ccc(-n2nnnc2SCC(=O)N2CCc3ccccc32)c(C)c1. The van der Waals surface area contributed by atoms with Gasteiger partial charge >= 0.3 is 0 Å². The molecular weight excluding hydrogens is 346 g/mol. The Morgan fingerprint density at radius 1 is 1.15 bits per heavy atom. The van der Waals surface area contributed by atoms with Gasteiger partial charge in [0.2, 0.25) is 11.1 Å². The van der Waals surface area contributed by atoms with Crippen molar-refractivity contribution in [3.63, 3.8) is 0 Å². The van der Waals surface area contributed by atoms with Crippen LogP contribution in [-0.2, 0) is 11.2 Å². The molecule has 7 heteroatoms. The van der Waals surface area contributed by atoms with E-state index in [0.717, 1.165) is 29.9 Å². The van der Waals surface area contributed by atoms with Crippen molar-refractivity contribution in [2.24, 2.45) is 0 Å². The van der Waals surface area contributed by atoms with Crippen LogP contribution in [-0.4, -0.2) is 38.4 Å². The lowest BCUT2D eigenvalue weighted by molar-refractivity contribution is -0.116. The van der Waals surface area contributed by atoms with Gasteiger partial charge in [0, 0.05) is 12.2 Å². The summed E-state index contributed by atoms with van der Waals surface area (Å²) in [5, 5.41) is 12.6. The number of hydrogen-bond donors (Lipinski definition) is 0. The second-order valence-corrected chi connectivity index (χ2v) is 7.32. The highest BCUT2D eigenvalue weighted by atomic mass is 32.2. The summed E-state index contributed by atoms with van der Waals surface area (Å²) in [7, 11) is 0. The number of aryl methyl sites for hydroxylation is 2. The van der Waals surface area contributed by atoms with Gasteiger partial charge in [-0.05, 0) is 54.0 Å². The van der Waals surface area contributed by atoms with Gasteiger partial charge in [0.1, 0.15) is 0 Å². The Hall–Kier alpha value is -2.67. The molecule has 0 aliphatic carbocycles. The standard InChI is InChI=1S/C19H19N5OS/c1-13-7-8-16(14(2)11-13)24-19(20-21-22-24)26-12-18(25)23-10-9-15-5-3-4-6-17(15)23/h3-8,11H,9-10,12H2,1-2H3. The fraction of sp³-hybridized carbons (Fsp3) is 0.263. The van der Waals surface area contributed by atoms with E-state index in [0.29, 0.717) is 10.9 Å². The summed E-state index contributed by atoms with van der Waals surface area (Å²) in [6, 6.07) is 14.2. The number of hydrogen-bond acceptors (Lipinski definition) is 5. The molecule has 2 heterocycles. The summed E-state index contributed by atoms with van der Waals surface area (Å²) in [5.41, 5.74) is 5.47. The molecule has 0 saturated carbocycles. The molecule has 0 fully saturated rings. The summed E-state index contributed by atoms with van der Waals surface area (Å²) in [4.78, 5) is 14.5. The second kappa shape index (κ2) is 6.92. The second-order valence-electron chi connectivity index (χ2n) is 6.38. The highest BCUT2D eigenvalue weighted by Gasteiger charge is 2.24. The highest BCUT2D eigenvalue weighted by Crippen LogP contribution is 2.29. The van der Waals surface area contributed by atoms with Crippen molar-refractivity contribution < 1.29 is 4.79 Å². The lowest BCUT2D eigenvalue weighted by Crippen LogP contribution is -2.30. The molecule has 0 atom stereocenters. The predicted octanol–water partition coefficient (Wildman–Crippen LogP) is 2.96. The molecule has 1 aromatic heterocycles. The monoisotopic (exact) mass is 365 g/mol. The first kappa shape index (κ1) is 16.8. The molecule has 132 valence electrons. The number of aromatic nitrogens is 4. The van der Waals surface area contributed by atoms with Gasteiger partial charge in [-0.25, -0.2) is 0 Å². The molecule has 2 aromatic carbocycles. The van der Waals surface area contributed by atoms with Crippen LogP contribution in [0.5, 0.6) is 0 Å². The zero-order valence-electron chi connectivity index (χ0n) is 14.7. The summed E-state index contributed by atoms with van der Waals surface area (Å²) >= 11 is 1.37. The number of carbonyl (C=O) groups is 1. The maximum absolute atomic E-state index is 12.7. The minimum atomic E-state index is 0.0788. The number of benzene rings is 2. The van der Waals surface area contributed by atoms with Crippen LogP contribution in [0.4, 0.5) is 5.69 Å². The molecule has 3 aromatic rings. The van der Waals surface area contributed by atoms with E-state index < -0.39 is 0 Å². The zero-order valence-corrected chi connectivity index (χ0v) is 15.5. The van der Waals surface area contributed by atoms with Gasteiger partial charge in [-0.2, -0.15) is 4.68 Å². The summed E-state index contributed by atoms with van der Waals surface area (Å²) in [6.07, 6.45) is 0.910. The number of para-hydroxylation sites is 1. The van der Waals surface area contributed by atoms with E-state index in [1.54, 1.807) is 4.68 Å². The lowest BCUT2D eigenvalue weighted by Gasteiger charge is -2.16. The van der Waals surface area contributed by atoms with Crippen molar-refractivity contribution in [3.05, 3.63) is 59.2 Å². The Kier molecular flexibility index (Phi) is 4.46. The minimum Gasteiger partial charge on any atom is -0.311 e. The molecule has 4 rings (SSSR count). The maximum atomic E-state index is 12.7. The Morgan fingerprint density at radius 3 is 2.85 bits per heavy atom. The number of anilines is 1. The van der Waals surface area contributed by atoms with Gasteiger partial charge in [-0.3, -0.25) is 4.79 Å². The van der Waals surface area contributed by atoms with Crippen LogP contribution in [0, 0.1) is 13.8 Å². The molecule has 0 unspecified atom stereocenters. The molecule has 26 heavy (non-hydrogen) atoms. The highest BCUT2D eigenvalue weighted by molar-refractivity contribution is 7.99. The lowest BCUT2D eigenvalue weighted by atomic mass is 10.1. The third kappa shape index (κ3) is 3.10. The summed E-state index contributed by atoms with van der Waals surface area (Å²) < 4.78 is 1.70. The molecule has 1 amide bonds. The zero-order chi connectivity index (χ0) is 18.1. The van der Waals surface area contributed by atoms with Crippen LogP contribution in [0.15, 0.2) is 47.6 Å². The topological polar surface area (TPSA) is 63.9 Å². The Balaban J connectivity index is 1.50. The Labute approximate surface area is 156 Å². The number of rotatable bonds is 4.